The summed E-state index contributed by atoms with van der Waals surface area (Å²) in [7, 11) is 0. The van der Waals surface area contributed by atoms with Gasteiger partial charge in [-0.2, -0.15) is 0 Å². The normalized spacial score (nSPS) is 12.2. The summed E-state index contributed by atoms with van der Waals surface area (Å²) in [6.45, 7) is 0. The number of aromatic nitrogens is 2. The molecule has 238 valence electrons. The Kier molecular flexibility index (Phi) is 5.98. The van der Waals surface area contributed by atoms with E-state index in [9.17, 15) is 0 Å². The molecule has 4 heteroatoms. The maximum atomic E-state index is 6.48. The Hall–Kier alpha value is -6.78. The lowest BCUT2D eigenvalue weighted by Crippen LogP contribution is -1.86. The van der Waals surface area contributed by atoms with E-state index in [1.807, 2.05) is 24.5 Å². The summed E-state index contributed by atoms with van der Waals surface area (Å²) in [6.07, 6.45) is 4.65. The van der Waals surface area contributed by atoms with Crippen LogP contribution in [0, 0.1) is 0 Å². The van der Waals surface area contributed by atoms with E-state index in [4.69, 9.17) is 18.8 Å². The van der Waals surface area contributed by atoms with Gasteiger partial charge in [-0.3, -0.25) is 9.97 Å². The van der Waals surface area contributed by atoms with Gasteiger partial charge in [-0.05, 0) is 98.5 Å². The van der Waals surface area contributed by atoms with Crippen molar-refractivity contribution in [1.82, 2.24) is 9.97 Å². The van der Waals surface area contributed by atoms with Crippen LogP contribution in [0.4, 0.5) is 0 Å². The van der Waals surface area contributed by atoms with Crippen LogP contribution < -0.4 is 0 Å². The fraction of sp³-hybridized carbons (Fsp3) is 0.0213. The van der Waals surface area contributed by atoms with E-state index in [2.05, 4.69) is 133 Å². The molecule has 0 fully saturated rings. The largest absolute Gasteiger partial charge is 0.454 e. The van der Waals surface area contributed by atoms with Crippen molar-refractivity contribution in [3.8, 4) is 55.6 Å². The van der Waals surface area contributed by atoms with Crippen LogP contribution in [0.25, 0.3) is 99.8 Å². The van der Waals surface area contributed by atoms with Crippen LogP contribution in [0.15, 0.2) is 167 Å². The molecule has 0 unspecified atom stereocenters. The van der Waals surface area contributed by atoms with Gasteiger partial charge in [-0.15, -0.1) is 0 Å². The molecule has 10 aromatic rings. The molecule has 0 N–H and O–H groups in total. The first-order valence-electron chi connectivity index (χ1n) is 17.3. The number of benzene rings is 6. The molecule has 4 aromatic heterocycles. The maximum Gasteiger partial charge on any atom is 0.161 e. The first-order chi connectivity index (χ1) is 25.2. The number of nitrogens with zero attached hydrogens (tertiary/aromatic N) is 2. The van der Waals surface area contributed by atoms with Gasteiger partial charge in [0.05, 0.1) is 0 Å². The smallest absolute Gasteiger partial charge is 0.161 e. The van der Waals surface area contributed by atoms with Crippen molar-refractivity contribution in [2.24, 2.45) is 0 Å². The highest BCUT2D eigenvalue weighted by Crippen LogP contribution is 2.44. The molecule has 0 spiro atoms. The summed E-state index contributed by atoms with van der Waals surface area (Å²) >= 11 is 0. The molecule has 0 bridgehead atoms. The maximum absolute atomic E-state index is 6.48. The van der Waals surface area contributed by atoms with Crippen LogP contribution in [0.1, 0.15) is 11.1 Å². The molecule has 0 aliphatic heterocycles. The third-order valence-corrected chi connectivity index (χ3v) is 10.4. The summed E-state index contributed by atoms with van der Waals surface area (Å²) in [5, 5.41) is 2.06. The fourth-order valence-electron chi connectivity index (χ4n) is 7.94. The Bertz CT molecular complexity index is 2790. The average molecular weight is 653 g/mol. The molecule has 51 heavy (non-hydrogen) atoms. The minimum atomic E-state index is 0.818. The second kappa shape index (κ2) is 10.9. The zero-order chi connectivity index (χ0) is 33.5. The highest BCUT2D eigenvalue weighted by atomic mass is 16.3. The van der Waals surface area contributed by atoms with E-state index in [0.29, 0.717) is 0 Å². The number of fused-ring (bicyclic) bond motifs is 9. The second-order valence-electron chi connectivity index (χ2n) is 13.4. The first kappa shape index (κ1) is 28.1. The lowest BCUT2D eigenvalue weighted by molar-refractivity contribution is 0.669. The van der Waals surface area contributed by atoms with Crippen molar-refractivity contribution in [3.63, 3.8) is 0 Å². The molecule has 4 nitrogen and oxygen atoms in total. The monoisotopic (exact) mass is 652 g/mol. The van der Waals surface area contributed by atoms with Crippen molar-refractivity contribution in [2.75, 3.05) is 0 Å². The topological polar surface area (TPSA) is 52.1 Å². The predicted octanol–water partition coefficient (Wildman–Crippen LogP) is 12.5. The van der Waals surface area contributed by atoms with E-state index in [-0.39, 0.29) is 0 Å². The number of pyridine rings is 2. The van der Waals surface area contributed by atoms with Crippen molar-refractivity contribution in [3.05, 3.63) is 169 Å². The minimum Gasteiger partial charge on any atom is -0.454 e. The van der Waals surface area contributed by atoms with Crippen LogP contribution in [0.5, 0.6) is 0 Å². The number of rotatable bonds is 4. The Morgan fingerprint density at radius 1 is 0.373 bits per heavy atom. The second-order valence-corrected chi connectivity index (χ2v) is 13.4. The van der Waals surface area contributed by atoms with E-state index in [1.165, 1.54) is 33.4 Å². The van der Waals surface area contributed by atoms with Crippen LogP contribution in [0.3, 0.4) is 0 Å². The molecule has 11 rings (SSSR count). The SMILES string of the molecule is c1ccc(-c2ccc3oc4c(-c5ccc6c(c5)Cc5cc(-c7ccnc8c7oc7ccc(-c9ccccc9)cc78)ccc5-6)ccnc4c3c2)cc1. The molecular formula is C47H28N2O2. The predicted molar refractivity (Wildman–Crippen MR) is 207 cm³/mol. The van der Waals surface area contributed by atoms with Gasteiger partial charge in [0, 0.05) is 34.3 Å². The number of furan rings is 2. The molecule has 6 aromatic carbocycles. The number of hydrogen-bond donors (Lipinski definition) is 0. The summed E-state index contributed by atoms with van der Waals surface area (Å²) in [5.74, 6) is 0. The van der Waals surface area contributed by atoms with Gasteiger partial charge in [-0.1, -0.05) is 109 Å². The quantitative estimate of drug-likeness (QED) is 0.190. The Morgan fingerprint density at radius 3 is 1.29 bits per heavy atom. The van der Waals surface area contributed by atoms with Crippen molar-refractivity contribution >= 4 is 44.1 Å². The Labute approximate surface area is 293 Å². The van der Waals surface area contributed by atoms with E-state index in [0.717, 1.165) is 83.9 Å². The van der Waals surface area contributed by atoms with Crippen LogP contribution >= 0.6 is 0 Å². The number of hydrogen-bond acceptors (Lipinski definition) is 4. The highest BCUT2D eigenvalue weighted by molar-refractivity contribution is 6.09. The van der Waals surface area contributed by atoms with Gasteiger partial charge in [0.2, 0.25) is 0 Å². The van der Waals surface area contributed by atoms with E-state index >= 15 is 0 Å². The van der Waals surface area contributed by atoms with Gasteiger partial charge in [0.1, 0.15) is 22.2 Å². The van der Waals surface area contributed by atoms with Gasteiger partial charge < -0.3 is 8.83 Å². The summed E-state index contributed by atoms with van der Waals surface area (Å²) in [4.78, 5) is 9.56. The minimum absolute atomic E-state index is 0.818. The van der Waals surface area contributed by atoms with Crippen LogP contribution in [0.2, 0.25) is 0 Å². The standard InChI is InChI=1S/C47H28N2O2/c1-3-7-28(8-4-1)30-13-17-42-40(26-30)44-46(50-42)38(19-21-48-44)32-11-15-36-34(23-32)25-35-24-33(12-16-37(35)36)39-20-22-49-45-41-27-31(29-9-5-2-6-10-29)14-18-43(41)51-47(39)45/h1-24,26-27H,25H2. The van der Waals surface area contributed by atoms with Gasteiger partial charge >= 0.3 is 0 Å². The Morgan fingerprint density at radius 2 is 0.824 bits per heavy atom. The van der Waals surface area contributed by atoms with E-state index < -0.39 is 0 Å². The molecule has 1 aliphatic rings. The molecule has 0 atom stereocenters. The average Bonchev–Trinajstić information content (AvgIpc) is 3.88. The molecule has 1 aliphatic carbocycles. The van der Waals surface area contributed by atoms with Crippen molar-refractivity contribution in [1.29, 1.82) is 0 Å². The molecule has 0 radical (unpaired) electrons. The zero-order valence-electron chi connectivity index (χ0n) is 27.4. The zero-order valence-corrected chi connectivity index (χ0v) is 27.4. The molecule has 4 heterocycles. The third kappa shape index (κ3) is 4.40. The Balaban J connectivity index is 0.952. The summed E-state index contributed by atoms with van der Waals surface area (Å²) < 4.78 is 13.0. The van der Waals surface area contributed by atoms with E-state index in [1.54, 1.807) is 0 Å². The molecule has 0 saturated heterocycles. The summed E-state index contributed by atoms with van der Waals surface area (Å²) in [6, 6.07) is 51.3. The highest BCUT2D eigenvalue weighted by Gasteiger charge is 2.22. The first-order valence-corrected chi connectivity index (χ1v) is 17.3. The summed E-state index contributed by atoms with van der Waals surface area (Å²) in [5.41, 5.74) is 19.3. The van der Waals surface area contributed by atoms with Gasteiger partial charge in [0.25, 0.3) is 0 Å². The van der Waals surface area contributed by atoms with Gasteiger partial charge in [0.15, 0.2) is 11.2 Å². The molecule has 0 amide bonds. The fourth-order valence-corrected chi connectivity index (χ4v) is 7.94. The lowest BCUT2D eigenvalue weighted by atomic mass is 9.97. The van der Waals surface area contributed by atoms with Crippen molar-refractivity contribution < 1.29 is 8.83 Å². The molecular weight excluding hydrogens is 625 g/mol. The van der Waals surface area contributed by atoms with Crippen LogP contribution in [-0.4, -0.2) is 9.97 Å². The van der Waals surface area contributed by atoms with Gasteiger partial charge in [-0.25, -0.2) is 0 Å². The van der Waals surface area contributed by atoms with Crippen LogP contribution in [-0.2, 0) is 6.42 Å². The molecule has 0 saturated carbocycles. The van der Waals surface area contributed by atoms with Crippen molar-refractivity contribution in [2.45, 2.75) is 6.42 Å². The lowest BCUT2D eigenvalue weighted by Gasteiger charge is -2.07. The third-order valence-electron chi connectivity index (χ3n) is 10.4.